The zero-order chi connectivity index (χ0) is 29.5. The Balaban J connectivity index is 1.25. The molecule has 0 bridgehead atoms. The van der Waals surface area contributed by atoms with Crippen LogP contribution in [0.4, 0.5) is 0 Å². The highest BCUT2D eigenvalue weighted by Gasteiger charge is 2.18. The number of benzene rings is 9. The van der Waals surface area contributed by atoms with Crippen molar-refractivity contribution in [2.45, 2.75) is 0 Å². The van der Waals surface area contributed by atoms with E-state index in [0.717, 1.165) is 5.52 Å². The van der Waals surface area contributed by atoms with Gasteiger partial charge in [0, 0.05) is 21.8 Å². The van der Waals surface area contributed by atoms with Crippen molar-refractivity contribution in [2.75, 3.05) is 0 Å². The van der Waals surface area contributed by atoms with Gasteiger partial charge in [0.05, 0.1) is 0 Å². The molecule has 0 atom stereocenters. The normalized spacial score (nSPS) is 12.0. The minimum atomic E-state index is 1.16. The molecule has 1 nitrogen and oxygen atoms in total. The zero-order valence-corrected chi connectivity index (χ0v) is 24.5. The third-order valence-electron chi connectivity index (χ3n) is 9.72. The molecule has 1 heterocycles. The van der Waals surface area contributed by atoms with Crippen LogP contribution >= 0.6 is 0 Å². The predicted octanol–water partition coefficient (Wildman–Crippen LogP) is 12.4. The van der Waals surface area contributed by atoms with Gasteiger partial charge in [0.1, 0.15) is 0 Å². The quantitative estimate of drug-likeness (QED) is 0.157. The number of aromatic amines is 1. The maximum absolute atomic E-state index is 3.75. The molecular weight excluding hydrogens is 542 g/mol. The summed E-state index contributed by atoms with van der Waals surface area (Å²) in [7, 11) is 0. The second kappa shape index (κ2) is 9.29. The third kappa shape index (κ3) is 3.62. The lowest BCUT2D eigenvalue weighted by Gasteiger charge is -2.18. The van der Waals surface area contributed by atoms with E-state index in [9.17, 15) is 0 Å². The van der Waals surface area contributed by atoms with E-state index in [-0.39, 0.29) is 0 Å². The fourth-order valence-corrected chi connectivity index (χ4v) is 7.66. The van der Waals surface area contributed by atoms with E-state index in [1.165, 1.54) is 92.4 Å². The van der Waals surface area contributed by atoms with Gasteiger partial charge in [-0.15, -0.1) is 0 Å². The molecule has 0 unspecified atom stereocenters. The molecule has 1 aromatic heterocycles. The molecule has 0 aliphatic rings. The molecule has 10 rings (SSSR count). The SMILES string of the molecule is c1ccc2cc3c(cc2c1)[nH]c1cc(-c2c4ccccc4c(-c4ccc5ccc6ccccc6c5c4)c4ccccc24)ccc13. The molecule has 0 saturated heterocycles. The molecule has 208 valence electrons. The van der Waals surface area contributed by atoms with E-state index in [1.807, 2.05) is 0 Å². The topological polar surface area (TPSA) is 15.8 Å². The third-order valence-corrected chi connectivity index (χ3v) is 9.72. The van der Waals surface area contributed by atoms with E-state index in [2.05, 4.69) is 163 Å². The molecule has 0 aliphatic carbocycles. The van der Waals surface area contributed by atoms with Crippen LogP contribution in [0.2, 0.25) is 0 Å². The van der Waals surface area contributed by atoms with Crippen molar-refractivity contribution < 1.29 is 0 Å². The summed E-state index contributed by atoms with van der Waals surface area (Å²) >= 11 is 0. The van der Waals surface area contributed by atoms with E-state index < -0.39 is 0 Å². The first-order valence-corrected chi connectivity index (χ1v) is 15.6. The molecule has 0 radical (unpaired) electrons. The van der Waals surface area contributed by atoms with E-state index >= 15 is 0 Å². The van der Waals surface area contributed by atoms with Gasteiger partial charge in [-0.05, 0) is 100 Å². The Hall–Kier alpha value is -5.92. The minimum absolute atomic E-state index is 1.16. The van der Waals surface area contributed by atoms with Gasteiger partial charge < -0.3 is 4.98 Å². The maximum atomic E-state index is 3.75. The predicted molar refractivity (Wildman–Crippen MR) is 194 cm³/mol. The first-order chi connectivity index (χ1) is 22.3. The van der Waals surface area contributed by atoms with Crippen molar-refractivity contribution in [3.8, 4) is 22.3 Å². The Labute approximate surface area is 260 Å². The highest BCUT2D eigenvalue weighted by atomic mass is 14.7. The molecule has 0 amide bonds. The summed E-state index contributed by atoms with van der Waals surface area (Å²) in [5.74, 6) is 0. The van der Waals surface area contributed by atoms with Crippen LogP contribution < -0.4 is 0 Å². The first-order valence-electron chi connectivity index (χ1n) is 15.6. The van der Waals surface area contributed by atoms with Gasteiger partial charge in [-0.2, -0.15) is 0 Å². The van der Waals surface area contributed by atoms with E-state index in [0.29, 0.717) is 0 Å². The molecule has 0 spiro atoms. The minimum Gasteiger partial charge on any atom is -0.354 e. The lowest BCUT2D eigenvalue weighted by Crippen LogP contribution is -1.91. The first kappa shape index (κ1) is 24.5. The Bertz CT molecular complexity index is 2760. The molecule has 1 heteroatoms. The average Bonchev–Trinajstić information content (AvgIpc) is 3.45. The maximum Gasteiger partial charge on any atom is 0.0471 e. The van der Waals surface area contributed by atoms with Crippen LogP contribution in [0, 0.1) is 0 Å². The number of hydrogen-bond acceptors (Lipinski definition) is 0. The van der Waals surface area contributed by atoms with Gasteiger partial charge in [-0.25, -0.2) is 0 Å². The van der Waals surface area contributed by atoms with Gasteiger partial charge in [0.15, 0.2) is 0 Å². The molecular formula is C44H27N. The smallest absolute Gasteiger partial charge is 0.0471 e. The second-order valence-electron chi connectivity index (χ2n) is 12.2. The molecule has 0 aliphatic heterocycles. The largest absolute Gasteiger partial charge is 0.354 e. The van der Waals surface area contributed by atoms with Crippen LogP contribution in [0.3, 0.4) is 0 Å². The summed E-state index contributed by atoms with van der Waals surface area (Å²) in [5, 5.41) is 15.3. The summed E-state index contributed by atoms with van der Waals surface area (Å²) in [6.45, 7) is 0. The van der Waals surface area contributed by atoms with Gasteiger partial charge >= 0.3 is 0 Å². The Morgan fingerprint density at radius 1 is 0.267 bits per heavy atom. The lowest BCUT2D eigenvalue weighted by atomic mass is 9.85. The molecule has 1 N–H and O–H groups in total. The summed E-state index contributed by atoms with van der Waals surface area (Å²) in [6.07, 6.45) is 0. The fourth-order valence-electron chi connectivity index (χ4n) is 7.66. The summed E-state index contributed by atoms with van der Waals surface area (Å²) in [5.41, 5.74) is 7.38. The molecule has 9 aromatic carbocycles. The van der Waals surface area contributed by atoms with Crippen molar-refractivity contribution in [1.29, 1.82) is 0 Å². The van der Waals surface area contributed by atoms with Gasteiger partial charge in [0.25, 0.3) is 0 Å². The monoisotopic (exact) mass is 569 g/mol. The Morgan fingerprint density at radius 3 is 1.40 bits per heavy atom. The van der Waals surface area contributed by atoms with Crippen molar-refractivity contribution >= 4 is 75.7 Å². The molecule has 0 fully saturated rings. The second-order valence-corrected chi connectivity index (χ2v) is 12.2. The van der Waals surface area contributed by atoms with E-state index in [4.69, 9.17) is 0 Å². The van der Waals surface area contributed by atoms with Crippen LogP contribution in [0.15, 0.2) is 158 Å². The number of fused-ring (bicyclic) bond motifs is 9. The van der Waals surface area contributed by atoms with E-state index in [1.54, 1.807) is 0 Å². The van der Waals surface area contributed by atoms with Crippen LogP contribution in [0.1, 0.15) is 0 Å². The van der Waals surface area contributed by atoms with Crippen LogP contribution in [0.25, 0.3) is 97.9 Å². The number of hydrogen-bond donors (Lipinski definition) is 1. The van der Waals surface area contributed by atoms with Gasteiger partial charge in [0.2, 0.25) is 0 Å². The molecule has 10 aromatic rings. The van der Waals surface area contributed by atoms with Crippen molar-refractivity contribution in [2.24, 2.45) is 0 Å². The summed E-state index contributed by atoms with van der Waals surface area (Å²) in [4.78, 5) is 3.75. The van der Waals surface area contributed by atoms with Crippen LogP contribution in [-0.2, 0) is 0 Å². The highest BCUT2D eigenvalue weighted by Crippen LogP contribution is 2.45. The summed E-state index contributed by atoms with van der Waals surface area (Å²) in [6, 6.07) is 58.1. The number of nitrogens with one attached hydrogen (secondary N) is 1. The van der Waals surface area contributed by atoms with Gasteiger partial charge in [-0.1, -0.05) is 133 Å². The number of aromatic nitrogens is 1. The molecule has 45 heavy (non-hydrogen) atoms. The zero-order valence-electron chi connectivity index (χ0n) is 24.5. The van der Waals surface area contributed by atoms with Crippen LogP contribution in [-0.4, -0.2) is 4.98 Å². The average molecular weight is 570 g/mol. The van der Waals surface area contributed by atoms with Crippen molar-refractivity contribution in [1.82, 2.24) is 4.98 Å². The summed E-state index contributed by atoms with van der Waals surface area (Å²) < 4.78 is 0. The van der Waals surface area contributed by atoms with Crippen molar-refractivity contribution in [3.05, 3.63) is 158 Å². The highest BCUT2D eigenvalue weighted by molar-refractivity contribution is 6.23. The standard InChI is InChI=1S/C44H27N/c1-2-11-30-25-42-40(23-29(30)10-1)34-22-21-32(26-41(34)45-42)44-37-15-7-5-13-35(37)43(36-14-6-8-16-38(36)44)31-20-19-28-18-17-27-9-3-4-12-33(27)39(28)24-31/h1-26,45H. The van der Waals surface area contributed by atoms with Crippen molar-refractivity contribution in [3.63, 3.8) is 0 Å². The lowest BCUT2D eigenvalue weighted by molar-refractivity contribution is 1.55. The Morgan fingerprint density at radius 2 is 0.733 bits per heavy atom. The molecule has 0 saturated carbocycles. The number of H-pyrrole nitrogens is 1. The Kier molecular flexibility index (Phi) is 5.06. The van der Waals surface area contributed by atoms with Crippen LogP contribution in [0.5, 0.6) is 0 Å². The van der Waals surface area contributed by atoms with Gasteiger partial charge in [-0.3, -0.25) is 0 Å². The number of rotatable bonds is 2. The fraction of sp³-hybridized carbons (Fsp3) is 0.